The average molecular weight is 1560 g/mol. The maximum Gasteiger partial charge on any atom is 0.364 e. The normalized spacial score (nSPS) is 34.7. The van der Waals surface area contributed by atoms with E-state index >= 15 is 0 Å². The van der Waals surface area contributed by atoms with E-state index in [1.54, 1.807) is 6.08 Å². The van der Waals surface area contributed by atoms with Crippen LogP contribution in [0.3, 0.4) is 0 Å². The van der Waals surface area contributed by atoms with Gasteiger partial charge in [-0.2, -0.15) is 0 Å². The number of carbonyl (C=O) groups excluding carboxylic acids is 3. The van der Waals surface area contributed by atoms with Crippen LogP contribution in [0.25, 0.3) is 0 Å². The molecular weight excluding hydrogens is 1430 g/mol. The number of hydrogen-bond donors (Lipinski definition) is 21. The lowest BCUT2D eigenvalue weighted by molar-refractivity contribution is -0.403. The van der Waals surface area contributed by atoms with Gasteiger partial charge >= 0.3 is 5.97 Å². The van der Waals surface area contributed by atoms with Crippen LogP contribution in [0.4, 0.5) is 0 Å². The minimum absolute atomic E-state index is 0.341. The zero-order valence-corrected chi connectivity index (χ0v) is 63.3. The molecule has 5 rings (SSSR count). The molecule has 29 atom stereocenters. The van der Waals surface area contributed by atoms with E-state index in [9.17, 15) is 106 Å². The van der Waals surface area contributed by atoms with Crippen molar-refractivity contribution in [1.29, 1.82) is 0 Å². The Morgan fingerprint density at radius 1 is 0.509 bits per heavy atom. The molecule has 0 radical (unpaired) electrons. The van der Waals surface area contributed by atoms with Crippen LogP contribution in [-0.2, 0) is 66.5 Å². The Labute approximate surface area is 633 Å². The van der Waals surface area contributed by atoms with Crippen LogP contribution in [0.5, 0.6) is 0 Å². The maximum absolute atomic E-state index is 13.8. The van der Waals surface area contributed by atoms with E-state index in [0.717, 1.165) is 71.6 Å². The third kappa shape index (κ3) is 28.8. The minimum atomic E-state index is -3.39. The third-order valence-corrected chi connectivity index (χ3v) is 20.8. The van der Waals surface area contributed by atoms with E-state index < -0.39 is 247 Å². The highest BCUT2D eigenvalue weighted by atomic mass is 16.8. The molecule has 0 bridgehead atoms. The van der Waals surface area contributed by atoms with Crippen LogP contribution in [0.2, 0.25) is 0 Å². The second kappa shape index (κ2) is 50.0. The number of aliphatic hydroxyl groups is 16. The van der Waals surface area contributed by atoms with Crippen molar-refractivity contribution in [3.05, 3.63) is 12.2 Å². The van der Waals surface area contributed by atoms with E-state index in [1.807, 2.05) is 0 Å². The molecule has 5 heterocycles. The second-order valence-corrected chi connectivity index (χ2v) is 29.5. The van der Waals surface area contributed by atoms with Crippen LogP contribution in [-0.4, -0.2) is 327 Å². The lowest BCUT2D eigenvalue weighted by atomic mass is 9.88. The average Bonchev–Trinajstić information content (AvgIpc) is 0.749. The first kappa shape index (κ1) is 95.1. The number of allylic oxidation sites excluding steroid dienone is 1. The highest BCUT2D eigenvalue weighted by Gasteiger charge is 2.62. The molecule has 0 spiro atoms. The van der Waals surface area contributed by atoms with Crippen LogP contribution in [0.1, 0.15) is 207 Å². The summed E-state index contributed by atoms with van der Waals surface area (Å²) in [6, 6.07) is -5.90. The van der Waals surface area contributed by atoms with E-state index in [1.165, 1.54) is 102 Å². The van der Waals surface area contributed by atoms with Crippen LogP contribution in [0, 0.1) is 0 Å². The SMILES string of the molecule is CCCCCCCCCCCCC/C=C\[C@@H](O)[C@H](CO[C@@H]1O[C@H](CO)[C@@H](O[C@@H]2O[C@H](CO)[C@H](O[C@@H]3O[C@H](CO)[C@H](O)[C@H](O[C@@H]4O[C@H](CO)[C@H](O)[C@H](O)[C@H]4O)[C@H]3NC(C)=O)[C@H](O[C@]3(C(=O)O)C[C@H](O)[C@@H](NC(C)=O)[C@H]([C@H](O)[C@H](O)CO)O3)[C@H]2O)[C@H](O)[C@H]1O)NC(=O)C(N)CCCCCCCCCCCCCCCC. The third-order valence-electron chi connectivity index (χ3n) is 20.8. The number of carboxylic acids is 1. The number of carboxylic acid groups (broad SMARTS) is 1. The summed E-state index contributed by atoms with van der Waals surface area (Å²) in [6.07, 6.45) is -18.2. The molecule has 35 heteroatoms. The molecule has 3 amide bonds. The molecule has 22 N–H and O–H groups in total. The Balaban J connectivity index is 1.41. The molecule has 0 aromatic heterocycles. The molecule has 0 aromatic rings. The first-order valence-corrected chi connectivity index (χ1v) is 39.3. The number of amides is 3. The van der Waals surface area contributed by atoms with Crippen molar-refractivity contribution < 1.29 is 153 Å². The Morgan fingerprint density at radius 3 is 1.47 bits per heavy atom. The Bertz CT molecular complexity index is 2540. The topological polar surface area (TPSA) is 567 Å². The van der Waals surface area contributed by atoms with Gasteiger partial charge in [0.05, 0.1) is 70.0 Å². The molecule has 630 valence electrons. The maximum atomic E-state index is 13.8. The molecule has 5 fully saturated rings. The van der Waals surface area contributed by atoms with Crippen LogP contribution in [0.15, 0.2) is 12.2 Å². The van der Waals surface area contributed by atoms with E-state index in [2.05, 4.69) is 29.8 Å². The zero-order valence-electron chi connectivity index (χ0n) is 63.3. The zero-order chi connectivity index (χ0) is 79.6. The molecule has 5 saturated heterocycles. The first-order chi connectivity index (χ1) is 51.7. The van der Waals surface area contributed by atoms with Gasteiger partial charge in [0, 0.05) is 20.3 Å². The van der Waals surface area contributed by atoms with Crippen molar-refractivity contribution in [3.63, 3.8) is 0 Å². The molecular formula is C73H132N4O31. The Hall–Kier alpha value is -3.46. The summed E-state index contributed by atoms with van der Waals surface area (Å²) >= 11 is 0. The van der Waals surface area contributed by atoms with Crippen molar-refractivity contribution in [2.45, 2.75) is 385 Å². The molecule has 108 heavy (non-hydrogen) atoms. The fraction of sp³-hybridized carbons (Fsp3) is 0.918. The van der Waals surface area contributed by atoms with Gasteiger partial charge in [0.2, 0.25) is 17.7 Å². The van der Waals surface area contributed by atoms with Gasteiger partial charge in [-0.05, 0) is 19.3 Å². The number of rotatable bonds is 52. The van der Waals surface area contributed by atoms with E-state index in [0.29, 0.717) is 19.3 Å². The van der Waals surface area contributed by atoms with Gasteiger partial charge in [0.25, 0.3) is 5.79 Å². The Morgan fingerprint density at radius 2 is 0.954 bits per heavy atom. The van der Waals surface area contributed by atoms with Crippen molar-refractivity contribution >= 4 is 23.7 Å². The van der Waals surface area contributed by atoms with E-state index in [4.69, 9.17) is 53.1 Å². The molecule has 5 aliphatic heterocycles. The number of aliphatic hydroxyl groups excluding tert-OH is 16. The highest BCUT2D eigenvalue weighted by molar-refractivity contribution is 5.81. The summed E-state index contributed by atoms with van der Waals surface area (Å²) in [6.45, 7) is 0.196. The van der Waals surface area contributed by atoms with Crippen molar-refractivity contribution in [2.75, 3.05) is 39.6 Å². The number of ether oxygens (including phenoxy) is 10. The smallest absolute Gasteiger partial charge is 0.364 e. The molecule has 0 aromatic carbocycles. The quantitative estimate of drug-likeness (QED) is 0.0229. The first-order valence-electron chi connectivity index (χ1n) is 39.3. The number of nitrogens with one attached hydrogen (secondary N) is 3. The van der Waals surface area contributed by atoms with Crippen LogP contribution < -0.4 is 21.7 Å². The lowest BCUT2D eigenvalue weighted by Crippen LogP contribution is -2.72. The largest absolute Gasteiger partial charge is 0.477 e. The van der Waals surface area contributed by atoms with Gasteiger partial charge in [-0.15, -0.1) is 0 Å². The second-order valence-electron chi connectivity index (χ2n) is 29.5. The lowest BCUT2D eigenvalue weighted by Gasteiger charge is -2.52. The van der Waals surface area contributed by atoms with Gasteiger partial charge in [0.15, 0.2) is 25.2 Å². The van der Waals surface area contributed by atoms with E-state index in [-0.39, 0.29) is 0 Å². The molecule has 0 aliphatic carbocycles. The summed E-state index contributed by atoms with van der Waals surface area (Å²) in [5.41, 5.74) is 6.44. The number of aliphatic carboxylic acids is 1. The van der Waals surface area contributed by atoms with Gasteiger partial charge in [-0.1, -0.05) is 180 Å². The summed E-state index contributed by atoms with van der Waals surface area (Å²) in [5.74, 6) is -7.95. The van der Waals surface area contributed by atoms with Crippen molar-refractivity contribution in [1.82, 2.24) is 16.0 Å². The number of carbonyl (C=O) groups is 4. The Kier molecular flexibility index (Phi) is 44.1. The number of hydrogen-bond acceptors (Lipinski definition) is 31. The minimum Gasteiger partial charge on any atom is -0.477 e. The number of unbranched alkanes of at least 4 members (excludes halogenated alkanes) is 24. The predicted molar refractivity (Wildman–Crippen MR) is 382 cm³/mol. The summed E-state index contributed by atoms with van der Waals surface area (Å²) in [5, 5.41) is 197. The summed E-state index contributed by atoms with van der Waals surface area (Å²) < 4.78 is 60.1. The number of nitrogens with two attached hydrogens (primary N) is 1. The molecule has 35 nitrogen and oxygen atoms in total. The van der Waals surface area contributed by atoms with Crippen LogP contribution >= 0.6 is 0 Å². The van der Waals surface area contributed by atoms with Gasteiger partial charge in [-0.25, -0.2) is 4.79 Å². The van der Waals surface area contributed by atoms with Crippen molar-refractivity contribution in [3.8, 4) is 0 Å². The van der Waals surface area contributed by atoms with Gasteiger partial charge in [-0.3, -0.25) is 14.4 Å². The monoisotopic (exact) mass is 1560 g/mol. The predicted octanol–water partition coefficient (Wildman–Crippen LogP) is -2.11. The molecule has 0 saturated carbocycles. The summed E-state index contributed by atoms with van der Waals surface area (Å²) in [4.78, 5) is 53.2. The molecule has 1 unspecified atom stereocenters. The van der Waals surface area contributed by atoms with Gasteiger partial charge < -0.3 is 156 Å². The van der Waals surface area contributed by atoms with Crippen molar-refractivity contribution in [2.24, 2.45) is 5.73 Å². The fourth-order valence-corrected chi connectivity index (χ4v) is 14.4. The standard InChI is InChI=1S/C73H132N4O31/c1-5-7-9-11-13-15-17-19-21-22-24-26-28-30-32-43(74)67(96)77-44(45(85)33-31-29-27-25-23-20-18-16-14-12-10-8-6-2)40-99-69-60(94)58(92)62(50(38-81)102-69)104-71-61(95)66(108-73(72(97)98)34-46(86)52(75-41(3)83)65(107-73)54(88)47(87)35-78)63(51(39-82)103-71)105-68-53(76-42(4)84)64(56(90)49(37-80)100-68)106-70-59(93)57(91)55(89)48(36-79)101-70/h31,33,43-66,68-71,78-82,85-95H,5-30,32,34-40,74H2,1-4H3,(H,75,83)(H,76,84)(H,77,96)(H,97,98)/b33-31-/t43?,44-,45+,46-,47+,48+,49+,50+,51+,52+,53+,54+,55-,56-,57-,58+,59+,60+,61+,62+,63-,64+,65+,66+,68-,69+,70-,71-,73-/m0/s1. The highest BCUT2D eigenvalue weighted by Crippen LogP contribution is 2.41. The molecule has 5 aliphatic rings. The van der Waals surface area contributed by atoms with Gasteiger partial charge in [0.1, 0.15) is 116 Å². The summed E-state index contributed by atoms with van der Waals surface area (Å²) in [7, 11) is 0. The fourth-order valence-electron chi connectivity index (χ4n) is 14.4.